The highest BCUT2D eigenvalue weighted by molar-refractivity contribution is 6.03. The predicted octanol–water partition coefficient (Wildman–Crippen LogP) is 4.40. The van der Waals surface area contributed by atoms with Crippen LogP contribution in [0.4, 0.5) is 11.5 Å². The van der Waals surface area contributed by atoms with Crippen molar-refractivity contribution in [1.29, 1.82) is 0 Å². The van der Waals surface area contributed by atoms with Gasteiger partial charge < -0.3 is 19.7 Å². The van der Waals surface area contributed by atoms with Gasteiger partial charge in [0.1, 0.15) is 17.2 Å². The van der Waals surface area contributed by atoms with Gasteiger partial charge in [-0.05, 0) is 61.4 Å². The Kier molecular flexibility index (Phi) is 6.30. The summed E-state index contributed by atoms with van der Waals surface area (Å²) in [6.07, 6.45) is 2.40. The van der Waals surface area contributed by atoms with Crippen LogP contribution in [0.3, 0.4) is 0 Å². The third kappa shape index (κ3) is 4.79. The minimum absolute atomic E-state index is 0.298. The molecule has 0 bridgehead atoms. The molecule has 35 heavy (non-hydrogen) atoms. The van der Waals surface area contributed by atoms with Crippen LogP contribution in [-0.4, -0.2) is 53.6 Å². The summed E-state index contributed by atoms with van der Waals surface area (Å²) in [5, 5.41) is 18.7. The molecule has 5 rings (SSSR count). The first-order valence-corrected chi connectivity index (χ1v) is 11.4. The molecule has 178 valence electrons. The van der Waals surface area contributed by atoms with E-state index >= 15 is 0 Å². The number of rotatable bonds is 7. The summed E-state index contributed by atoms with van der Waals surface area (Å²) in [4.78, 5) is 15.0. The van der Waals surface area contributed by atoms with E-state index < -0.39 is 0 Å². The van der Waals surface area contributed by atoms with Crippen LogP contribution in [0.1, 0.15) is 23.3 Å². The van der Waals surface area contributed by atoms with Crippen LogP contribution in [0.2, 0.25) is 0 Å². The second-order valence-electron chi connectivity index (χ2n) is 8.24. The molecule has 1 aliphatic heterocycles. The fourth-order valence-corrected chi connectivity index (χ4v) is 4.11. The molecular weight excluding hydrogens is 444 g/mol. The van der Waals surface area contributed by atoms with E-state index in [1.165, 1.54) is 12.8 Å². The summed E-state index contributed by atoms with van der Waals surface area (Å²) >= 11 is 0. The topological polar surface area (TPSA) is 105 Å². The molecule has 0 unspecified atom stereocenters. The molecule has 1 amide bonds. The molecule has 0 aliphatic carbocycles. The Morgan fingerprint density at radius 1 is 0.914 bits per heavy atom. The number of benzene rings is 2. The highest BCUT2D eigenvalue weighted by Gasteiger charge is 2.16. The van der Waals surface area contributed by atoms with Crippen LogP contribution in [0.15, 0.2) is 60.7 Å². The monoisotopic (exact) mass is 470 g/mol. The molecule has 4 aromatic rings. The minimum Gasteiger partial charge on any atom is -0.497 e. The van der Waals surface area contributed by atoms with Crippen molar-refractivity contribution < 1.29 is 14.3 Å². The number of carbonyl (C=O) groups is 1. The maximum Gasteiger partial charge on any atom is 0.273 e. The Hall–Kier alpha value is -4.40. The van der Waals surface area contributed by atoms with Crippen molar-refractivity contribution >= 4 is 17.4 Å². The van der Waals surface area contributed by atoms with E-state index in [2.05, 4.69) is 30.6 Å². The third-order valence-corrected chi connectivity index (χ3v) is 6.02. The number of aromatic amines is 1. The summed E-state index contributed by atoms with van der Waals surface area (Å²) in [7, 11) is 3.18. The normalized spacial score (nSPS) is 13.0. The molecule has 2 aromatic carbocycles. The number of amides is 1. The van der Waals surface area contributed by atoms with Gasteiger partial charge in [-0.2, -0.15) is 5.10 Å². The van der Waals surface area contributed by atoms with Crippen molar-refractivity contribution in [2.24, 2.45) is 0 Å². The van der Waals surface area contributed by atoms with E-state index in [1.54, 1.807) is 32.4 Å². The van der Waals surface area contributed by atoms with Crippen molar-refractivity contribution in [3.8, 4) is 34.0 Å². The third-order valence-electron chi connectivity index (χ3n) is 6.02. The van der Waals surface area contributed by atoms with Crippen LogP contribution >= 0.6 is 0 Å². The second kappa shape index (κ2) is 9.84. The average Bonchev–Trinajstić information content (AvgIpc) is 3.62. The zero-order valence-corrected chi connectivity index (χ0v) is 19.6. The summed E-state index contributed by atoms with van der Waals surface area (Å²) in [6.45, 7) is 2.07. The van der Waals surface area contributed by atoms with E-state index in [4.69, 9.17) is 9.47 Å². The van der Waals surface area contributed by atoms with Gasteiger partial charge in [0, 0.05) is 29.9 Å². The number of carbonyl (C=O) groups excluding carboxylic acids is 1. The summed E-state index contributed by atoms with van der Waals surface area (Å²) in [5.74, 6) is 1.93. The van der Waals surface area contributed by atoms with E-state index in [1.807, 2.05) is 42.5 Å². The number of ether oxygens (including phenoxy) is 2. The van der Waals surface area contributed by atoms with Crippen LogP contribution in [0, 0.1) is 0 Å². The first kappa shape index (κ1) is 22.4. The number of anilines is 2. The summed E-state index contributed by atoms with van der Waals surface area (Å²) in [6, 6.07) is 18.6. The number of aromatic nitrogens is 4. The molecule has 0 radical (unpaired) electrons. The fraction of sp³-hybridized carbons (Fsp3) is 0.231. The molecule has 1 saturated heterocycles. The summed E-state index contributed by atoms with van der Waals surface area (Å²) in [5.41, 5.74) is 4.02. The average molecular weight is 471 g/mol. The lowest BCUT2D eigenvalue weighted by Gasteiger charge is -2.15. The first-order valence-electron chi connectivity index (χ1n) is 11.4. The van der Waals surface area contributed by atoms with Gasteiger partial charge in [-0.3, -0.25) is 9.89 Å². The van der Waals surface area contributed by atoms with Crippen LogP contribution in [0.5, 0.6) is 11.5 Å². The SMILES string of the molecule is COc1ccc(OC)c(-c2cc(C(=O)Nc3ccc(-c4ccc(N5CCCC5)nn4)cc3)[nH]n2)c1. The highest BCUT2D eigenvalue weighted by atomic mass is 16.5. The molecule has 9 heteroatoms. The standard InChI is InChI=1S/C26H26N6O3/c1-34-19-9-11-24(35-2)20(15-19)22-16-23(30-29-22)26(33)27-18-7-5-17(6-8-18)21-10-12-25(31-28-21)32-13-3-4-14-32/h5-12,15-16H,3-4,13-14H2,1-2H3,(H,27,33)(H,29,30). The Morgan fingerprint density at radius 3 is 2.40 bits per heavy atom. The zero-order valence-electron chi connectivity index (χ0n) is 19.6. The maximum atomic E-state index is 12.8. The van der Waals surface area contributed by atoms with Gasteiger partial charge in [-0.25, -0.2) is 0 Å². The molecule has 9 nitrogen and oxygen atoms in total. The highest BCUT2D eigenvalue weighted by Crippen LogP contribution is 2.32. The minimum atomic E-state index is -0.298. The molecule has 2 N–H and O–H groups in total. The van der Waals surface area contributed by atoms with Crippen LogP contribution in [0.25, 0.3) is 22.5 Å². The number of hydrogen-bond donors (Lipinski definition) is 2. The number of methoxy groups -OCH3 is 2. The molecule has 1 fully saturated rings. The van der Waals surface area contributed by atoms with Crippen molar-refractivity contribution in [2.45, 2.75) is 12.8 Å². The molecule has 0 atom stereocenters. The molecule has 1 aliphatic rings. The van der Waals surface area contributed by atoms with E-state index in [0.717, 1.165) is 35.7 Å². The number of H-pyrrole nitrogens is 1. The van der Waals surface area contributed by atoms with Crippen molar-refractivity contribution in [2.75, 3.05) is 37.5 Å². The first-order chi connectivity index (χ1) is 17.1. The van der Waals surface area contributed by atoms with E-state index in [0.29, 0.717) is 28.6 Å². The summed E-state index contributed by atoms with van der Waals surface area (Å²) < 4.78 is 10.7. The van der Waals surface area contributed by atoms with Gasteiger partial charge in [0.2, 0.25) is 0 Å². The zero-order chi connectivity index (χ0) is 24.2. The van der Waals surface area contributed by atoms with E-state index in [9.17, 15) is 4.79 Å². The van der Waals surface area contributed by atoms with Gasteiger partial charge >= 0.3 is 0 Å². The molecule has 2 aromatic heterocycles. The number of hydrogen-bond acceptors (Lipinski definition) is 7. The van der Waals surface area contributed by atoms with Gasteiger partial charge in [0.05, 0.1) is 25.6 Å². The molecule has 0 spiro atoms. The maximum absolute atomic E-state index is 12.8. The van der Waals surface area contributed by atoms with Gasteiger partial charge in [0.15, 0.2) is 5.82 Å². The van der Waals surface area contributed by atoms with Gasteiger partial charge in [-0.1, -0.05) is 12.1 Å². The fourth-order valence-electron chi connectivity index (χ4n) is 4.11. The second-order valence-corrected chi connectivity index (χ2v) is 8.24. The van der Waals surface area contributed by atoms with E-state index in [-0.39, 0.29) is 5.91 Å². The quantitative estimate of drug-likeness (QED) is 0.412. The van der Waals surface area contributed by atoms with Gasteiger partial charge in [0.25, 0.3) is 5.91 Å². The Balaban J connectivity index is 1.27. The number of nitrogens with zero attached hydrogens (tertiary/aromatic N) is 4. The lowest BCUT2D eigenvalue weighted by molar-refractivity contribution is 0.102. The Morgan fingerprint density at radius 2 is 1.71 bits per heavy atom. The largest absolute Gasteiger partial charge is 0.497 e. The van der Waals surface area contributed by atoms with Crippen molar-refractivity contribution in [3.05, 3.63) is 66.4 Å². The lowest BCUT2D eigenvalue weighted by Crippen LogP contribution is -2.19. The van der Waals surface area contributed by atoms with Crippen molar-refractivity contribution in [3.63, 3.8) is 0 Å². The van der Waals surface area contributed by atoms with Crippen LogP contribution in [-0.2, 0) is 0 Å². The predicted molar refractivity (Wildman–Crippen MR) is 134 cm³/mol. The smallest absolute Gasteiger partial charge is 0.273 e. The lowest BCUT2D eigenvalue weighted by atomic mass is 10.1. The molecular formula is C26H26N6O3. The van der Waals surface area contributed by atoms with Gasteiger partial charge in [-0.15, -0.1) is 10.2 Å². The molecule has 0 saturated carbocycles. The van der Waals surface area contributed by atoms with Crippen LogP contribution < -0.4 is 19.7 Å². The Bertz CT molecular complexity index is 1310. The van der Waals surface area contributed by atoms with Crippen molar-refractivity contribution in [1.82, 2.24) is 20.4 Å². The molecule has 3 heterocycles. The Labute approximate surface area is 203 Å². The number of nitrogens with one attached hydrogen (secondary N) is 2.